The lowest BCUT2D eigenvalue weighted by Crippen LogP contribution is -2.31. The number of allylic oxidation sites excluding steroid dienone is 2. The number of aromatic nitrogens is 4. The van der Waals surface area contributed by atoms with Gasteiger partial charge in [0.1, 0.15) is 6.04 Å². The number of anilines is 1. The molecular weight excluding hydrogens is 406 g/mol. The zero-order chi connectivity index (χ0) is 21.4. The van der Waals surface area contributed by atoms with E-state index in [1.807, 2.05) is 22.9 Å². The Morgan fingerprint density at radius 2 is 2.00 bits per heavy atom. The minimum atomic E-state index is -0.239. The molecule has 0 saturated carbocycles. The third-order valence-corrected chi connectivity index (χ3v) is 6.71. The molecule has 0 fully saturated rings. The summed E-state index contributed by atoms with van der Waals surface area (Å²) in [5.41, 5.74) is 5.17. The van der Waals surface area contributed by atoms with Gasteiger partial charge in [0.2, 0.25) is 11.1 Å². The van der Waals surface area contributed by atoms with Crippen LogP contribution in [0.2, 0.25) is 0 Å². The molecule has 5 rings (SSSR count). The molecule has 1 aromatic carbocycles. The highest BCUT2D eigenvalue weighted by atomic mass is 32.2. The Labute approximate surface area is 186 Å². The van der Waals surface area contributed by atoms with E-state index in [4.69, 9.17) is 10.1 Å². The van der Waals surface area contributed by atoms with Crippen LogP contribution in [-0.2, 0) is 10.5 Å². The fraction of sp³-hybridized carbons (Fsp3) is 0.333. The Balaban J connectivity index is 1.51. The quantitative estimate of drug-likeness (QED) is 0.566. The molecule has 158 valence electrons. The Hall–Kier alpha value is -2.93. The summed E-state index contributed by atoms with van der Waals surface area (Å²) in [5, 5.41) is 8.88. The average Bonchev–Trinajstić information content (AvgIpc) is 3.20. The van der Waals surface area contributed by atoms with Crippen LogP contribution in [0, 0.1) is 0 Å². The first kappa shape index (κ1) is 20.0. The lowest BCUT2D eigenvalue weighted by Gasteiger charge is -2.32. The molecule has 1 aliphatic carbocycles. The van der Waals surface area contributed by atoms with Crippen LogP contribution in [0.4, 0.5) is 5.95 Å². The van der Waals surface area contributed by atoms with E-state index in [2.05, 4.69) is 48.4 Å². The Kier molecular flexibility index (Phi) is 5.36. The van der Waals surface area contributed by atoms with Crippen LogP contribution in [0.3, 0.4) is 0 Å². The van der Waals surface area contributed by atoms with Crippen molar-refractivity contribution in [2.45, 2.75) is 56.0 Å². The summed E-state index contributed by atoms with van der Waals surface area (Å²) in [7, 11) is 0. The number of Topliss-reactive ketones (excluding diaryl/α,β-unsaturated/α-hetero) is 1. The molecule has 7 heteroatoms. The summed E-state index contributed by atoms with van der Waals surface area (Å²) in [5.74, 6) is 2.07. The van der Waals surface area contributed by atoms with Gasteiger partial charge in [0.15, 0.2) is 5.78 Å². The number of carbonyl (C=O) groups excluding carboxylic acids is 1. The molecule has 2 aromatic heterocycles. The van der Waals surface area contributed by atoms with E-state index in [0.717, 1.165) is 35.4 Å². The van der Waals surface area contributed by atoms with E-state index in [9.17, 15) is 4.79 Å². The largest absolute Gasteiger partial charge is 0.328 e. The molecule has 2 aliphatic rings. The molecule has 31 heavy (non-hydrogen) atoms. The number of fused-ring (bicyclic) bond motifs is 1. The summed E-state index contributed by atoms with van der Waals surface area (Å²) in [6.45, 7) is 4.37. The topological polar surface area (TPSA) is 72.7 Å². The molecule has 0 saturated heterocycles. The van der Waals surface area contributed by atoms with E-state index in [0.29, 0.717) is 29.2 Å². The molecule has 0 amide bonds. The first-order valence-corrected chi connectivity index (χ1v) is 11.7. The molecule has 1 atom stereocenters. The van der Waals surface area contributed by atoms with Crippen molar-refractivity contribution in [3.05, 3.63) is 76.8 Å². The van der Waals surface area contributed by atoms with Gasteiger partial charge >= 0.3 is 0 Å². The van der Waals surface area contributed by atoms with E-state index in [1.54, 1.807) is 18.0 Å². The molecule has 0 unspecified atom stereocenters. The van der Waals surface area contributed by atoms with Gasteiger partial charge in [0.05, 0.1) is 5.69 Å². The summed E-state index contributed by atoms with van der Waals surface area (Å²) in [6.07, 6.45) is 4.12. The summed E-state index contributed by atoms with van der Waals surface area (Å²) < 4.78 is 1.88. The zero-order valence-electron chi connectivity index (χ0n) is 17.7. The lowest BCUT2D eigenvalue weighted by molar-refractivity contribution is -0.116. The van der Waals surface area contributed by atoms with E-state index in [1.165, 1.54) is 5.56 Å². The second-order valence-electron chi connectivity index (χ2n) is 8.29. The number of hydrogen-bond acceptors (Lipinski definition) is 6. The van der Waals surface area contributed by atoms with Crippen LogP contribution in [0.15, 0.2) is 65.1 Å². The van der Waals surface area contributed by atoms with Gasteiger partial charge in [-0.15, -0.1) is 5.10 Å². The van der Waals surface area contributed by atoms with Gasteiger partial charge in [0.25, 0.3) is 0 Å². The van der Waals surface area contributed by atoms with Crippen LogP contribution in [0.25, 0.3) is 0 Å². The number of hydrogen-bond donors (Lipinski definition) is 1. The third-order valence-electron chi connectivity index (χ3n) is 5.84. The number of benzene rings is 1. The molecular formula is C24H25N5OS. The molecule has 0 spiro atoms. The number of nitrogens with zero attached hydrogens (tertiary/aromatic N) is 4. The van der Waals surface area contributed by atoms with Crippen molar-refractivity contribution < 1.29 is 4.79 Å². The van der Waals surface area contributed by atoms with Gasteiger partial charge in [-0.3, -0.25) is 9.78 Å². The second kappa shape index (κ2) is 8.30. The molecule has 1 aliphatic heterocycles. The SMILES string of the molecule is CC(C)c1ccc([C@@H]2C3=C(CCCC3=O)Nc3nc(SCc4ccccn4)nn32)cc1. The predicted molar refractivity (Wildman–Crippen MR) is 122 cm³/mol. The van der Waals surface area contributed by atoms with Gasteiger partial charge in [-0.1, -0.05) is 55.9 Å². The van der Waals surface area contributed by atoms with Crippen LogP contribution in [0.5, 0.6) is 0 Å². The lowest BCUT2D eigenvalue weighted by atomic mass is 9.85. The minimum absolute atomic E-state index is 0.204. The van der Waals surface area contributed by atoms with Gasteiger partial charge in [-0.2, -0.15) is 4.98 Å². The van der Waals surface area contributed by atoms with Crippen molar-refractivity contribution in [1.82, 2.24) is 19.7 Å². The smallest absolute Gasteiger partial charge is 0.227 e. The number of ketones is 1. The van der Waals surface area contributed by atoms with E-state index >= 15 is 0 Å². The predicted octanol–water partition coefficient (Wildman–Crippen LogP) is 5.11. The standard InChI is InChI=1S/C24H25N5OS/c1-15(2)16-9-11-17(12-10-16)22-21-19(7-5-8-20(21)30)26-23-27-24(28-29(22)23)31-14-18-6-3-4-13-25-18/h3-4,6,9-13,15,22H,5,7-8,14H2,1-2H3,(H,26,27,28)/t22-/m1/s1. The van der Waals surface area contributed by atoms with Crippen LogP contribution < -0.4 is 5.32 Å². The Bertz CT molecular complexity index is 1130. The van der Waals surface area contributed by atoms with Gasteiger partial charge in [-0.25, -0.2) is 4.68 Å². The average molecular weight is 432 g/mol. The minimum Gasteiger partial charge on any atom is -0.328 e. The highest BCUT2D eigenvalue weighted by Crippen LogP contribution is 2.40. The first-order valence-electron chi connectivity index (χ1n) is 10.7. The van der Waals surface area contributed by atoms with Crippen molar-refractivity contribution in [3.8, 4) is 0 Å². The fourth-order valence-electron chi connectivity index (χ4n) is 4.19. The number of pyridine rings is 1. The zero-order valence-corrected chi connectivity index (χ0v) is 18.5. The van der Waals surface area contributed by atoms with E-state index < -0.39 is 0 Å². The van der Waals surface area contributed by atoms with Crippen molar-refractivity contribution in [3.63, 3.8) is 0 Å². The molecule has 3 heterocycles. The number of nitrogens with one attached hydrogen (secondary N) is 1. The summed E-state index contributed by atoms with van der Waals surface area (Å²) >= 11 is 1.56. The fourth-order valence-corrected chi connectivity index (χ4v) is 4.94. The second-order valence-corrected chi connectivity index (χ2v) is 9.23. The number of rotatable bonds is 5. The van der Waals surface area contributed by atoms with Gasteiger partial charge in [0, 0.05) is 29.6 Å². The normalized spacial score (nSPS) is 18.0. The Morgan fingerprint density at radius 1 is 1.16 bits per heavy atom. The van der Waals surface area contributed by atoms with Gasteiger partial charge in [-0.05, 0) is 42.0 Å². The summed E-state index contributed by atoms with van der Waals surface area (Å²) in [4.78, 5) is 22.1. The van der Waals surface area contributed by atoms with E-state index in [-0.39, 0.29) is 11.8 Å². The third kappa shape index (κ3) is 3.90. The number of thioether (sulfide) groups is 1. The highest BCUT2D eigenvalue weighted by Gasteiger charge is 2.36. The molecule has 1 N–H and O–H groups in total. The molecule has 3 aromatic rings. The van der Waals surface area contributed by atoms with Gasteiger partial charge < -0.3 is 5.32 Å². The van der Waals surface area contributed by atoms with Crippen LogP contribution >= 0.6 is 11.8 Å². The molecule has 0 bridgehead atoms. The monoisotopic (exact) mass is 431 g/mol. The first-order chi connectivity index (χ1) is 15.1. The maximum Gasteiger partial charge on any atom is 0.227 e. The maximum atomic E-state index is 12.9. The van der Waals surface area contributed by atoms with Crippen molar-refractivity contribution in [1.29, 1.82) is 0 Å². The molecule has 0 radical (unpaired) electrons. The molecule has 6 nitrogen and oxygen atoms in total. The van der Waals surface area contributed by atoms with Crippen molar-refractivity contribution in [2.24, 2.45) is 0 Å². The highest BCUT2D eigenvalue weighted by molar-refractivity contribution is 7.98. The van der Waals surface area contributed by atoms with Crippen molar-refractivity contribution >= 4 is 23.5 Å². The van der Waals surface area contributed by atoms with Crippen LogP contribution in [0.1, 0.15) is 61.9 Å². The van der Waals surface area contributed by atoms with Crippen molar-refractivity contribution in [2.75, 3.05) is 5.32 Å². The summed E-state index contributed by atoms with van der Waals surface area (Å²) in [6, 6.07) is 14.2. The maximum absolute atomic E-state index is 12.9. The Morgan fingerprint density at radius 3 is 2.74 bits per heavy atom. The number of carbonyl (C=O) groups is 1. The van der Waals surface area contributed by atoms with Crippen LogP contribution in [-0.4, -0.2) is 25.5 Å².